The maximum absolute atomic E-state index is 11.4. The molecule has 0 aliphatic heterocycles. The van der Waals surface area contributed by atoms with Gasteiger partial charge in [-0.15, -0.1) is 0 Å². The van der Waals surface area contributed by atoms with E-state index in [0.29, 0.717) is 12.0 Å². The van der Waals surface area contributed by atoms with E-state index < -0.39 is 21.2 Å². The molecular formula is C12H16O4S. The van der Waals surface area contributed by atoms with Crippen molar-refractivity contribution in [2.24, 2.45) is 5.41 Å². The summed E-state index contributed by atoms with van der Waals surface area (Å²) in [6, 6.07) is 6.40. The van der Waals surface area contributed by atoms with E-state index in [1.54, 1.807) is 26.0 Å². The van der Waals surface area contributed by atoms with Gasteiger partial charge in [0.2, 0.25) is 0 Å². The molecule has 1 N–H and O–H groups in total. The summed E-state index contributed by atoms with van der Waals surface area (Å²) in [6.45, 7) is 3.23. The molecule has 1 rings (SSSR count). The monoisotopic (exact) mass is 256 g/mol. The van der Waals surface area contributed by atoms with Crippen molar-refractivity contribution in [3.8, 4) is 0 Å². The minimum Gasteiger partial charge on any atom is -0.481 e. The van der Waals surface area contributed by atoms with E-state index in [-0.39, 0.29) is 4.90 Å². The van der Waals surface area contributed by atoms with E-state index in [0.717, 1.165) is 6.26 Å². The van der Waals surface area contributed by atoms with Gasteiger partial charge in [0, 0.05) is 6.26 Å². The fourth-order valence-electron chi connectivity index (χ4n) is 1.47. The molecule has 0 spiro atoms. The lowest BCUT2D eigenvalue weighted by Crippen LogP contribution is -2.26. The smallest absolute Gasteiger partial charge is 0.309 e. The van der Waals surface area contributed by atoms with Crippen LogP contribution in [-0.4, -0.2) is 25.7 Å². The second kappa shape index (κ2) is 4.49. The zero-order chi connectivity index (χ0) is 13.3. The molecule has 0 amide bonds. The highest BCUT2D eigenvalue weighted by atomic mass is 32.2. The van der Waals surface area contributed by atoms with Gasteiger partial charge in [-0.1, -0.05) is 12.1 Å². The molecular weight excluding hydrogens is 240 g/mol. The van der Waals surface area contributed by atoms with Gasteiger partial charge in [-0.25, -0.2) is 8.42 Å². The molecule has 5 heteroatoms. The summed E-state index contributed by atoms with van der Waals surface area (Å²) in [5, 5.41) is 9.01. The summed E-state index contributed by atoms with van der Waals surface area (Å²) in [4.78, 5) is 11.2. The number of hydrogen-bond acceptors (Lipinski definition) is 3. The van der Waals surface area contributed by atoms with Crippen LogP contribution in [0.15, 0.2) is 29.2 Å². The number of sulfone groups is 1. The Hall–Kier alpha value is -1.36. The summed E-state index contributed by atoms with van der Waals surface area (Å²) >= 11 is 0. The maximum Gasteiger partial charge on any atom is 0.309 e. The summed E-state index contributed by atoms with van der Waals surface area (Å²) in [7, 11) is -3.25. The number of rotatable bonds is 4. The van der Waals surface area contributed by atoms with E-state index in [4.69, 9.17) is 5.11 Å². The van der Waals surface area contributed by atoms with Gasteiger partial charge in [0.25, 0.3) is 0 Å². The quantitative estimate of drug-likeness (QED) is 0.890. The van der Waals surface area contributed by atoms with E-state index >= 15 is 0 Å². The third-order valence-electron chi connectivity index (χ3n) is 2.55. The maximum atomic E-state index is 11.4. The number of hydrogen-bond donors (Lipinski definition) is 1. The average molecular weight is 256 g/mol. The molecule has 0 saturated heterocycles. The first-order chi connectivity index (χ1) is 7.63. The van der Waals surface area contributed by atoms with E-state index in [1.165, 1.54) is 12.1 Å². The van der Waals surface area contributed by atoms with Gasteiger partial charge in [0.15, 0.2) is 9.84 Å². The Balaban J connectivity index is 3.06. The van der Waals surface area contributed by atoms with Gasteiger partial charge in [0.1, 0.15) is 0 Å². The van der Waals surface area contributed by atoms with Crippen molar-refractivity contribution in [2.75, 3.05) is 6.26 Å². The average Bonchev–Trinajstić information content (AvgIpc) is 2.15. The van der Waals surface area contributed by atoms with Crippen LogP contribution in [0.4, 0.5) is 0 Å². The Morgan fingerprint density at radius 3 is 2.41 bits per heavy atom. The molecule has 0 atom stereocenters. The molecule has 0 bridgehead atoms. The molecule has 0 unspecified atom stereocenters. The Bertz CT molecular complexity index is 529. The molecule has 0 aliphatic carbocycles. The largest absolute Gasteiger partial charge is 0.481 e. The summed E-state index contributed by atoms with van der Waals surface area (Å²) in [6.07, 6.45) is 1.43. The zero-order valence-electron chi connectivity index (χ0n) is 10.1. The normalized spacial score (nSPS) is 12.4. The van der Waals surface area contributed by atoms with Crippen molar-refractivity contribution in [3.63, 3.8) is 0 Å². The van der Waals surface area contributed by atoms with Crippen LogP contribution in [-0.2, 0) is 21.1 Å². The lowest BCUT2D eigenvalue weighted by molar-refractivity contribution is -0.146. The fourth-order valence-corrected chi connectivity index (χ4v) is 2.16. The molecule has 1 aromatic carbocycles. The predicted octanol–water partition coefficient (Wildman–Crippen LogP) is 1.74. The SMILES string of the molecule is CC(C)(Cc1cccc(S(C)(=O)=O)c1)C(=O)O. The van der Waals surface area contributed by atoms with Crippen molar-refractivity contribution in [1.82, 2.24) is 0 Å². The molecule has 4 nitrogen and oxygen atoms in total. The molecule has 0 aliphatic rings. The molecule has 0 aromatic heterocycles. The molecule has 0 heterocycles. The van der Waals surface area contributed by atoms with Gasteiger partial charge in [-0.3, -0.25) is 4.79 Å². The minimum absolute atomic E-state index is 0.219. The highest BCUT2D eigenvalue weighted by Gasteiger charge is 2.27. The third-order valence-corrected chi connectivity index (χ3v) is 3.66. The molecule has 0 saturated carbocycles. The standard InChI is InChI=1S/C12H16O4S/c1-12(2,11(13)14)8-9-5-4-6-10(7-9)17(3,15)16/h4-7H,8H2,1-3H3,(H,13,14). The van der Waals surface area contributed by atoms with Crippen molar-refractivity contribution >= 4 is 15.8 Å². The second-order valence-electron chi connectivity index (χ2n) is 4.79. The van der Waals surface area contributed by atoms with Crippen LogP contribution in [0.5, 0.6) is 0 Å². The molecule has 0 fully saturated rings. The van der Waals surface area contributed by atoms with Crippen LogP contribution >= 0.6 is 0 Å². The Morgan fingerprint density at radius 2 is 1.94 bits per heavy atom. The summed E-state index contributed by atoms with van der Waals surface area (Å²) < 4.78 is 22.7. The first-order valence-electron chi connectivity index (χ1n) is 5.15. The van der Waals surface area contributed by atoms with Crippen LogP contribution in [0, 0.1) is 5.41 Å². The van der Waals surface area contributed by atoms with E-state index in [9.17, 15) is 13.2 Å². The van der Waals surface area contributed by atoms with Gasteiger partial charge in [-0.05, 0) is 38.0 Å². The van der Waals surface area contributed by atoms with Gasteiger partial charge >= 0.3 is 5.97 Å². The summed E-state index contributed by atoms with van der Waals surface area (Å²) in [5.41, 5.74) is -0.198. The second-order valence-corrected chi connectivity index (χ2v) is 6.80. The Kier molecular flexibility index (Phi) is 3.62. The highest BCUT2D eigenvalue weighted by molar-refractivity contribution is 7.90. The van der Waals surface area contributed by atoms with Crippen molar-refractivity contribution in [3.05, 3.63) is 29.8 Å². The Labute approximate surface area is 101 Å². The van der Waals surface area contributed by atoms with Gasteiger partial charge in [-0.2, -0.15) is 0 Å². The van der Waals surface area contributed by atoms with Crippen LogP contribution in [0.25, 0.3) is 0 Å². The predicted molar refractivity (Wildman–Crippen MR) is 64.7 cm³/mol. The zero-order valence-corrected chi connectivity index (χ0v) is 10.9. The first-order valence-corrected chi connectivity index (χ1v) is 7.04. The molecule has 1 aromatic rings. The number of carboxylic acids is 1. The molecule has 17 heavy (non-hydrogen) atoms. The molecule has 0 radical (unpaired) electrons. The Morgan fingerprint density at radius 1 is 1.35 bits per heavy atom. The number of benzene rings is 1. The number of carbonyl (C=O) groups is 1. The number of aliphatic carboxylic acids is 1. The lowest BCUT2D eigenvalue weighted by atomic mass is 9.86. The van der Waals surface area contributed by atoms with Gasteiger partial charge in [0.05, 0.1) is 10.3 Å². The van der Waals surface area contributed by atoms with Crippen molar-refractivity contribution < 1.29 is 18.3 Å². The van der Waals surface area contributed by atoms with Crippen LogP contribution in [0.3, 0.4) is 0 Å². The molecule has 94 valence electrons. The van der Waals surface area contributed by atoms with Crippen LogP contribution in [0.1, 0.15) is 19.4 Å². The topological polar surface area (TPSA) is 71.4 Å². The van der Waals surface area contributed by atoms with Crippen LogP contribution in [0.2, 0.25) is 0 Å². The fraction of sp³-hybridized carbons (Fsp3) is 0.417. The van der Waals surface area contributed by atoms with Crippen molar-refractivity contribution in [1.29, 1.82) is 0 Å². The highest BCUT2D eigenvalue weighted by Crippen LogP contribution is 2.23. The van der Waals surface area contributed by atoms with E-state index in [1.807, 2.05) is 0 Å². The third kappa shape index (κ3) is 3.56. The van der Waals surface area contributed by atoms with Crippen LogP contribution < -0.4 is 0 Å². The minimum atomic E-state index is -3.25. The lowest BCUT2D eigenvalue weighted by Gasteiger charge is -2.19. The first kappa shape index (κ1) is 13.7. The number of carboxylic acid groups (broad SMARTS) is 1. The summed E-state index contributed by atoms with van der Waals surface area (Å²) in [5.74, 6) is -0.901. The van der Waals surface area contributed by atoms with Gasteiger partial charge < -0.3 is 5.11 Å². The van der Waals surface area contributed by atoms with E-state index in [2.05, 4.69) is 0 Å². The van der Waals surface area contributed by atoms with Crippen molar-refractivity contribution in [2.45, 2.75) is 25.2 Å².